The highest BCUT2D eigenvalue weighted by Crippen LogP contribution is 2.08. The minimum atomic E-state index is -0.199. The Labute approximate surface area is 130 Å². The van der Waals surface area contributed by atoms with Crippen molar-refractivity contribution in [3.8, 4) is 0 Å². The SMILES string of the molecule is C=CC[N+](CC=C)=C(CCCCCCCC)C(=O)OCC. The summed E-state index contributed by atoms with van der Waals surface area (Å²) < 4.78 is 7.19. The van der Waals surface area contributed by atoms with Crippen LogP contribution in [0.5, 0.6) is 0 Å². The fourth-order valence-corrected chi connectivity index (χ4v) is 2.28. The summed E-state index contributed by atoms with van der Waals surface area (Å²) in [6.07, 6.45) is 11.7. The van der Waals surface area contributed by atoms with Crippen molar-refractivity contribution in [2.45, 2.75) is 58.8 Å². The first-order valence-electron chi connectivity index (χ1n) is 8.20. The van der Waals surface area contributed by atoms with Crippen LogP contribution < -0.4 is 0 Å². The van der Waals surface area contributed by atoms with Crippen molar-refractivity contribution >= 4 is 11.7 Å². The van der Waals surface area contributed by atoms with Crippen LogP contribution in [0.4, 0.5) is 0 Å². The molecule has 0 aliphatic carbocycles. The second-order valence-electron chi connectivity index (χ2n) is 5.17. The third kappa shape index (κ3) is 9.22. The minimum absolute atomic E-state index is 0.199. The van der Waals surface area contributed by atoms with Gasteiger partial charge in [0.05, 0.1) is 6.61 Å². The smallest absolute Gasteiger partial charge is 0.398 e. The summed E-state index contributed by atoms with van der Waals surface area (Å²) in [6.45, 7) is 13.3. The van der Waals surface area contributed by atoms with Gasteiger partial charge in [-0.1, -0.05) is 52.2 Å². The Hall–Kier alpha value is -1.38. The molecule has 0 amide bonds. The summed E-state index contributed by atoms with van der Waals surface area (Å²) in [5, 5.41) is 0. The lowest BCUT2D eigenvalue weighted by Crippen LogP contribution is -2.30. The molecule has 0 radical (unpaired) electrons. The molecule has 0 aromatic carbocycles. The summed E-state index contributed by atoms with van der Waals surface area (Å²) in [4.78, 5) is 12.1. The summed E-state index contributed by atoms with van der Waals surface area (Å²) in [5.74, 6) is -0.199. The van der Waals surface area contributed by atoms with Gasteiger partial charge in [0, 0.05) is 6.42 Å². The number of carbonyl (C=O) groups is 1. The van der Waals surface area contributed by atoms with Crippen LogP contribution in [0.1, 0.15) is 58.8 Å². The monoisotopic (exact) mass is 294 g/mol. The van der Waals surface area contributed by atoms with E-state index in [4.69, 9.17) is 4.74 Å². The van der Waals surface area contributed by atoms with Crippen LogP contribution in [0.25, 0.3) is 0 Å². The number of carbonyl (C=O) groups excluding carboxylic acids is 1. The van der Waals surface area contributed by atoms with Crippen molar-refractivity contribution in [3.63, 3.8) is 0 Å². The molecule has 0 N–H and O–H groups in total. The second-order valence-corrected chi connectivity index (χ2v) is 5.17. The van der Waals surface area contributed by atoms with Crippen LogP contribution in [0, 0.1) is 0 Å². The topological polar surface area (TPSA) is 29.3 Å². The fourth-order valence-electron chi connectivity index (χ4n) is 2.28. The summed E-state index contributed by atoms with van der Waals surface area (Å²) in [6, 6.07) is 0. The lowest BCUT2D eigenvalue weighted by atomic mass is 10.1. The molecule has 3 heteroatoms. The molecule has 0 aromatic rings. The van der Waals surface area contributed by atoms with Crippen molar-refractivity contribution in [2.75, 3.05) is 19.7 Å². The van der Waals surface area contributed by atoms with Gasteiger partial charge >= 0.3 is 5.97 Å². The van der Waals surface area contributed by atoms with Gasteiger partial charge in [-0.3, -0.25) is 0 Å². The van der Waals surface area contributed by atoms with E-state index in [2.05, 4.69) is 20.1 Å². The average Bonchev–Trinajstić information content (AvgIpc) is 2.47. The number of rotatable bonds is 13. The molecule has 0 aromatic heterocycles. The largest absolute Gasteiger partial charge is 0.458 e. The fraction of sp³-hybridized carbons (Fsp3) is 0.667. The summed E-state index contributed by atoms with van der Waals surface area (Å²) >= 11 is 0. The predicted molar refractivity (Wildman–Crippen MR) is 90.0 cm³/mol. The predicted octanol–water partition coefficient (Wildman–Crippen LogP) is 4.13. The molecule has 3 nitrogen and oxygen atoms in total. The normalized spacial score (nSPS) is 10.0. The van der Waals surface area contributed by atoms with E-state index < -0.39 is 0 Å². The van der Waals surface area contributed by atoms with Gasteiger partial charge in [-0.15, -0.1) is 0 Å². The first kappa shape index (κ1) is 19.6. The van der Waals surface area contributed by atoms with Gasteiger partial charge in [0.1, 0.15) is 0 Å². The van der Waals surface area contributed by atoms with E-state index in [0.717, 1.165) is 18.6 Å². The lowest BCUT2D eigenvalue weighted by molar-refractivity contribution is -0.508. The molecule has 0 bridgehead atoms. The van der Waals surface area contributed by atoms with Gasteiger partial charge in [-0.05, 0) is 25.5 Å². The van der Waals surface area contributed by atoms with Crippen LogP contribution in [-0.2, 0) is 9.53 Å². The van der Waals surface area contributed by atoms with E-state index in [1.54, 1.807) is 0 Å². The van der Waals surface area contributed by atoms with Crippen LogP contribution >= 0.6 is 0 Å². The van der Waals surface area contributed by atoms with Crippen molar-refractivity contribution in [3.05, 3.63) is 25.3 Å². The van der Waals surface area contributed by atoms with Gasteiger partial charge in [0.25, 0.3) is 5.71 Å². The van der Waals surface area contributed by atoms with E-state index in [-0.39, 0.29) is 5.97 Å². The van der Waals surface area contributed by atoms with Gasteiger partial charge in [0.15, 0.2) is 13.1 Å². The van der Waals surface area contributed by atoms with E-state index >= 15 is 0 Å². The average molecular weight is 294 g/mol. The zero-order valence-electron chi connectivity index (χ0n) is 13.9. The molecule has 0 saturated carbocycles. The molecular weight excluding hydrogens is 262 g/mol. The third-order valence-corrected chi connectivity index (χ3v) is 3.36. The molecule has 0 aliphatic heterocycles. The van der Waals surface area contributed by atoms with Crippen LogP contribution in [0.15, 0.2) is 25.3 Å². The highest BCUT2D eigenvalue weighted by Gasteiger charge is 2.22. The van der Waals surface area contributed by atoms with Gasteiger partial charge in [0.2, 0.25) is 0 Å². The summed E-state index contributed by atoms with van der Waals surface area (Å²) in [5.41, 5.74) is 0.757. The molecule has 0 unspecified atom stereocenters. The van der Waals surface area contributed by atoms with Crippen LogP contribution in [0.3, 0.4) is 0 Å². The number of esters is 1. The number of nitrogens with zero attached hydrogens (tertiary/aromatic N) is 1. The maximum Gasteiger partial charge on any atom is 0.398 e. The number of ether oxygens (including phenoxy) is 1. The van der Waals surface area contributed by atoms with Crippen LogP contribution in [0.2, 0.25) is 0 Å². The first-order valence-corrected chi connectivity index (χ1v) is 8.20. The second kappa shape index (κ2) is 13.6. The molecule has 0 heterocycles. The highest BCUT2D eigenvalue weighted by atomic mass is 16.5. The molecule has 0 aliphatic rings. The molecule has 120 valence electrons. The maximum absolute atomic E-state index is 12.1. The Morgan fingerprint density at radius 2 is 1.57 bits per heavy atom. The standard InChI is InChI=1S/C18H32NO2/c1-5-9-10-11-12-13-14-17(18(20)21-8-4)19(15-6-2)16-7-3/h6-7H,2-3,5,8-16H2,1,4H3/q+1. The van der Waals surface area contributed by atoms with Crippen molar-refractivity contribution in [1.29, 1.82) is 0 Å². The van der Waals surface area contributed by atoms with Crippen molar-refractivity contribution in [1.82, 2.24) is 0 Å². The quantitative estimate of drug-likeness (QED) is 0.168. The minimum Gasteiger partial charge on any atom is -0.458 e. The first-order chi connectivity index (χ1) is 10.2. The molecule has 0 fully saturated rings. The molecule has 0 rings (SSSR count). The zero-order valence-corrected chi connectivity index (χ0v) is 13.9. The third-order valence-electron chi connectivity index (χ3n) is 3.36. The summed E-state index contributed by atoms with van der Waals surface area (Å²) in [7, 11) is 0. The van der Waals surface area contributed by atoms with Crippen molar-refractivity contribution < 1.29 is 14.1 Å². The lowest BCUT2D eigenvalue weighted by Gasteiger charge is -2.08. The van der Waals surface area contributed by atoms with Crippen molar-refractivity contribution in [2.24, 2.45) is 0 Å². The van der Waals surface area contributed by atoms with E-state index in [1.165, 1.54) is 32.1 Å². The Morgan fingerprint density at radius 3 is 2.10 bits per heavy atom. The van der Waals surface area contributed by atoms with Gasteiger partial charge < -0.3 is 4.74 Å². The Bertz CT molecular complexity index is 333. The van der Waals surface area contributed by atoms with E-state index in [1.807, 2.05) is 23.7 Å². The molecule has 0 atom stereocenters. The number of hydrogen-bond donors (Lipinski definition) is 0. The maximum atomic E-state index is 12.1. The van der Waals surface area contributed by atoms with Crippen LogP contribution in [-0.4, -0.2) is 36.0 Å². The van der Waals surface area contributed by atoms with Gasteiger partial charge in [-0.2, -0.15) is 0 Å². The number of unbranched alkanes of at least 4 members (excludes halogenated alkanes) is 5. The zero-order chi connectivity index (χ0) is 15.9. The van der Waals surface area contributed by atoms with Gasteiger partial charge in [-0.25, -0.2) is 9.37 Å². The molecular formula is C18H32NO2+. The Balaban J connectivity index is 4.63. The van der Waals surface area contributed by atoms with E-state index in [9.17, 15) is 4.79 Å². The Kier molecular flexibility index (Phi) is 12.7. The molecule has 0 spiro atoms. The number of hydrogen-bond acceptors (Lipinski definition) is 2. The highest BCUT2D eigenvalue weighted by molar-refractivity contribution is 6.34. The van der Waals surface area contributed by atoms with E-state index in [0.29, 0.717) is 19.7 Å². The molecule has 0 saturated heterocycles. The Morgan fingerprint density at radius 1 is 1.00 bits per heavy atom. The molecule has 21 heavy (non-hydrogen) atoms.